The highest BCUT2D eigenvalue weighted by Gasteiger charge is 2.51. The predicted molar refractivity (Wildman–Crippen MR) is 56.2 cm³/mol. The summed E-state index contributed by atoms with van der Waals surface area (Å²) in [4.78, 5) is 10.9. The summed E-state index contributed by atoms with van der Waals surface area (Å²) < 4.78 is 22.4. The third kappa shape index (κ3) is 1.88. The predicted octanol–water partition coefficient (Wildman–Crippen LogP) is -0.141. The molecule has 3 N–H and O–H groups in total. The number of hydrogen-bond acceptors (Lipinski definition) is 4. The van der Waals surface area contributed by atoms with E-state index in [0.29, 0.717) is 6.42 Å². The highest BCUT2D eigenvalue weighted by Crippen LogP contribution is 2.41. The summed E-state index contributed by atoms with van der Waals surface area (Å²) in [6.45, 7) is 3.16. The van der Waals surface area contributed by atoms with Gasteiger partial charge in [-0.3, -0.25) is 4.79 Å². The molecular weight excluding hydrogens is 218 g/mol. The first-order chi connectivity index (χ1) is 6.74. The fourth-order valence-corrected chi connectivity index (χ4v) is 4.08. The molecule has 1 fully saturated rings. The Kier molecular flexibility index (Phi) is 3.11. The van der Waals surface area contributed by atoms with Crippen LogP contribution >= 0.6 is 0 Å². The molecule has 1 heterocycles. The summed E-state index contributed by atoms with van der Waals surface area (Å²) >= 11 is 0. The van der Waals surface area contributed by atoms with Crippen LogP contribution in [-0.4, -0.2) is 36.5 Å². The first kappa shape index (κ1) is 12.4. The normalized spacial score (nSPS) is 29.9. The topological polar surface area (TPSA) is 97.5 Å². The van der Waals surface area contributed by atoms with E-state index in [1.165, 1.54) is 0 Å². The fourth-order valence-electron chi connectivity index (χ4n) is 2.25. The molecule has 5 nitrogen and oxygen atoms in total. The van der Waals surface area contributed by atoms with Crippen molar-refractivity contribution in [2.45, 2.75) is 25.0 Å². The molecule has 0 bridgehead atoms. The van der Waals surface area contributed by atoms with Gasteiger partial charge in [0.15, 0.2) is 9.84 Å². The number of nitrogens with two attached hydrogens (primary N) is 1. The Labute approximate surface area is 89.6 Å². The SMILES string of the molecule is CC1(C)C(C(CN)C(=O)O)CCS1(=O)=O. The smallest absolute Gasteiger partial charge is 0.308 e. The summed E-state index contributed by atoms with van der Waals surface area (Å²) in [5.74, 6) is -2.09. The first-order valence-electron chi connectivity index (χ1n) is 4.89. The zero-order valence-electron chi connectivity index (χ0n) is 8.93. The van der Waals surface area contributed by atoms with E-state index in [-0.39, 0.29) is 18.2 Å². The van der Waals surface area contributed by atoms with Gasteiger partial charge in [-0.05, 0) is 26.2 Å². The standard InChI is InChI=1S/C9H17NO4S/c1-9(2)7(3-4-15(9,13)14)6(5-10)8(11)12/h6-7H,3-5,10H2,1-2H3,(H,11,12). The third-order valence-electron chi connectivity index (χ3n) is 3.45. The van der Waals surface area contributed by atoms with Gasteiger partial charge in [-0.15, -0.1) is 0 Å². The molecule has 0 amide bonds. The lowest BCUT2D eigenvalue weighted by molar-refractivity contribution is -0.143. The molecule has 0 aromatic rings. The summed E-state index contributed by atoms with van der Waals surface area (Å²) in [5, 5.41) is 8.96. The maximum absolute atomic E-state index is 11.7. The van der Waals surface area contributed by atoms with E-state index in [4.69, 9.17) is 10.8 Å². The maximum Gasteiger partial charge on any atom is 0.308 e. The lowest BCUT2D eigenvalue weighted by Gasteiger charge is -2.29. The Morgan fingerprint density at radius 2 is 2.13 bits per heavy atom. The van der Waals surface area contributed by atoms with Crippen LogP contribution in [0.5, 0.6) is 0 Å². The Morgan fingerprint density at radius 3 is 2.40 bits per heavy atom. The minimum Gasteiger partial charge on any atom is -0.481 e. The Balaban J connectivity index is 3.05. The van der Waals surface area contributed by atoms with Gasteiger partial charge < -0.3 is 10.8 Å². The second kappa shape index (κ2) is 3.75. The van der Waals surface area contributed by atoms with Crippen molar-refractivity contribution >= 4 is 15.8 Å². The lowest BCUT2D eigenvalue weighted by Crippen LogP contribution is -2.42. The van der Waals surface area contributed by atoms with E-state index in [1.54, 1.807) is 13.8 Å². The zero-order chi connectivity index (χ0) is 11.9. The van der Waals surface area contributed by atoms with Crippen LogP contribution < -0.4 is 5.73 Å². The average molecular weight is 235 g/mol. The van der Waals surface area contributed by atoms with Crippen molar-refractivity contribution in [2.75, 3.05) is 12.3 Å². The van der Waals surface area contributed by atoms with Crippen LogP contribution in [-0.2, 0) is 14.6 Å². The summed E-state index contributed by atoms with van der Waals surface area (Å²) in [7, 11) is -3.18. The summed E-state index contributed by atoms with van der Waals surface area (Å²) in [6.07, 6.45) is 0.392. The number of aliphatic carboxylic acids is 1. The van der Waals surface area contributed by atoms with Crippen LogP contribution in [0.15, 0.2) is 0 Å². The van der Waals surface area contributed by atoms with Crippen LogP contribution in [0.3, 0.4) is 0 Å². The molecule has 0 aromatic carbocycles. The van der Waals surface area contributed by atoms with Crippen molar-refractivity contribution in [2.24, 2.45) is 17.6 Å². The molecular formula is C9H17NO4S. The van der Waals surface area contributed by atoms with Gasteiger partial charge in [0.25, 0.3) is 0 Å². The van der Waals surface area contributed by atoms with Crippen molar-refractivity contribution in [1.29, 1.82) is 0 Å². The van der Waals surface area contributed by atoms with Crippen molar-refractivity contribution in [1.82, 2.24) is 0 Å². The third-order valence-corrected chi connectivity index (χ3v) is 6.13. The molecule has 1 aliphatic rings. The minimum absolute atomic E-state index is 0.0149. The average Bonchev–Trinajstić information content (AvgIpc) is 2.28. The second-order valence-electron chi connectivity index (χ2n) is 4.50. The van der Waals surface area contributed by atoms with E-state index < -0.39 is 26.5 Å². The van der Waals surface area contributed by atoms with Crippen LogP contribution in [0.25, 0.3) is 0 Å². The summed E-state index contributed by atoms with van der Waals surface area (Å²) in [6, 6.07) is 0. The molecule has 0 radical (unpaired) electrons. The molecule has 0 spiro atoms. The van der Waals surface area contributed by atoms with Gasteiger partial charge >= 0.3 is 5.97 Å². The fraction of sp³-hybridized carbons (Fsp3) is 0.889. The van der Waals surface area contributed by atoms with Gasteiger partial charge in [-0.1, -0.05) is 0 Å². The number of sulfone groups is 1. The second-order valence-corrected chi connectivity index (χ2v) is 7.19. The van der Waals surface area contributed by atoms with Crippen molar-refractivity contribution in [3.8, 4) is 0 Å². The molecule has 0 saturated carbocycles. The lowest BCUT2D eigenvalue weighted by atomic mass is 9.81. The van der Waals surface area contributed by atoms with Gasteiger partial charge in [0.1, 0.15) is 0 Å². The van der Waals surface area contributed by atoms with Gasteiger partial charge in [-0.25, -0.2) is 8.42 Å². The van der Waals surface area contributed by atoms with Gasteiger partial charge in [0, 0.05) is 6.54 Å². The molecule has 1 saturated heterocycles. The molecule has 88 valence electrons. The highest BCUT2D eigenvalue weighted by molar-refractivity contribution is 7.93. The van der Waals surface area contributed by atoms with Crippen molar-refractivity contribution in [3.05, 3.63) is 0 Å². The van der Waals surface area contributed by atoms with Crippen molar-refractivity contribution in [3.63, 3.8) is 0 Å². The first-order valence-corrected chi connectivity index (χ1v) is 6.54. The van der Waals surface area contributed by atoms with E-state index in [2.05, 4.69) is 0 Å². The quantitative estimate of drug-likeness (QED) is 0.709. The Bertz CT molecular complexity index is 360. The van der Waals surface area contributed by atoms with Crippen LogP contribution in [0.2, 0.25) is 0 Å². The number of rotatable bonds is 3. The van der Waals surface area contributed by atoms with Crippen molar-refractivity contribution < 1.29 is 18.3 Å². The van der Waals surface area contributed by atoms with E-state index in [0.717, 1.165) is 0 Å². The number of hydrogen-bond donors (Lipinski definition) is 2. The number of carboxylic acids is 1. The number of carbonyl (C=O) groups is 1. The largest absolute Gasteiger partial charge is 0.481 e. The minimum atomic E-state index is -3.18. The molecule has 6 heteroatoms. The maximum atomic E-state index is 11.7. The van der Waals surface area contributed by atoms with Crippen LogP contribution in [0, 0.1) is 11.8 Å². The molecule has 0 aromatic heterocycles. The van der Waals surface area contributed by atoms with E-state index >= 15 is 0 Å². The molecule has 1 rings (SSSR count). The highest BCUT2D eigenvalue weighted by atomic mass is 32.2. The molecule has 2 atom stereocenters. The molecule has 2 unspecified atom stereocenters. The Hall–Kier alpha value is -0.620. The van der Waals surface area contributed by atoms with E-state index in [9.17, 15) is 13.2 Å². The molecule has 1 aliphatic heterocycles. The molecule has 15 heavy (non-hydrogen) atoms. The van der Waals surface area contributed by atoms with Crippen LogP contribution in [0.1, 0.15) is 20.3 Å². The van der Waals surface area contributed by atoms with Crippen LogP contribution in [0.4, 0.5) is 0 Å². The Morgan fingerprint density at radius 1 is 1.60 bits per heavy atom. The van der Waals surface area contributed by atoms with E-state index in [1.807, 2.05) is 0 Å². The molecule has 0 aliphatic carbocycles. The number of carboxylic acid groups (broad SMARTS) is 1. The summed E-state index contributed by atoms with van der Waals surface area (Å²) in [5.41, 5.74) is 5.39. The monoisotopic (exact) mass is 235 g/mol. The zero-order valence-corrected chi connectivity index (χ0v) is 9.75. The van der Waals surface area contributed by atoms with Gasteiger partial charge in [0.05, 0.1) is 16.4 Å². The van der Waals surface area contributed by atoms with Gasteiger partial charge in [-0.2, -0.15) is 0 Å². The van der Waals surface area contributed by atoms with Gasteiger partial charge in [0.2, 0.25) is 0 Å².